The molecule has 1 heterocycles. The standard InChI is InChI=1S/C15H10N2S/c1-2-5-11-10(4-1)8-14-12(11)6-3-7-13(14)15-17-16-9-18-15/h1-7,9H,8H2. The van der Waals surface area contributed by atoms with Crippen molar-refractivity contribution >= 4 is 11.3 Å². The number of benzene rings is 2. The van der Waals surface area contributed by atoms with Crippen molar-refractivity contribution in [3.05, 3.63) is 59.1 Å². The summed E-state index contributed by atoms with van der Waals surface area (Å²) in [5.74, 6) is 0. The summed E-state index contributed by atoms with van der Waals surface area (Å²) in [7, 11) is 0. The lowest BCUT2D eigenvalue weighted by Crippen LogP contribution is -1.87. The van der Waals surface area contributed by atoms with Crippen LogP contribution in [0.25, 0.3) is 21.7 Å². The molecule has 86 valence electrons. The molecule has 0 spiro atoms. The van der Waals surface area contributed by atoms with Crippen LogP contribution < -0.4 is 0 Å². The van der Waals surface area contributed by atoms with E-state index in [1.54, 1.807) is 16.8 Å². The zero-order valence-electron chi connectivity index (χ0n) is 9.63. The highest BCUT2D eigenvalue weighted by Gasteiger charge is 2.21. The molecule has 0 N–H and O–H groups in total. The minimum Gasteiger partial charge on any atom is -0.147 e. The topological polar surface area (TPSA) is 25.8 Å². The van der Waals surface area contributed by atoms with Gasteiger partial charge in [0, 0.05) is 5.56 Å². The third-order valence-corrected chi connectivity index (χ3v) is 4.17. The molecule has 0 radical (unpaired) electrons. The van der Waals surface area contributed by atoms with Gasteiger partial charge in [-0.3, -0.25) is 0 Å². The molecule has 1 aromatic heterocycles. The average Bonchev–Trinajstić information content (AvgIpc) is 3.05. The maximum atomic E-state index is 4.20. The third kappa shape index (κ3) is 1.34. The van der Waals surface area contributed by atoms with Crippen LogP contribution >= 0.6 is 11.3 Å². The number of hydrogen-bond donors (Lipinski definition) is 0. The van der Waals surface area contributed by atoms with Gasteiger partial charge in [-0.05, 0) is 28.7 Å². The summed E-state index contributed by atoms with van der Waals surface area (Å²) in [5.41, 5.74) is 8.51. The third-order valence-electron chi connectivity index (χ3n) is 3.44. The number of fused-ring (bicyclic) bond motifs is 3. The zero-order valence-corrected chi connectivity index (χ0v) is 10.4. The van der Waals surface area contributed by atoms with Crippen LogP contribution in [0.2, 0.25) is 0 Å². The Bertz CT molecular complexity index is 717. The maximum absolute atomic E-state index is 4.20. The van der Waals surface area contributed by atoms with E-state index in [2.05, 4.69) is 52.7 Å². The molecule has 1 aliphatic rings. The van der Waals surface area contributed by atoms with Crippen LogP contribution in [-0.4, -0.2) is 10.2 Å². The van der Waals surface area contributed by atoms with Gasteiger partial charge in [0.2, 0.25) is 0 Å². The molecule has 0 fully saturated rings. The van der Waals surface area contributed by atoms with Crippen molar-refractivity contribution in [1.82, 2.24) is 10.2 Å². The van der Waals surface area contributed by atoms with Crippen molar-refractivity contribution in [2.24, 2.45) is 0 Å². The molecule has 0 atom stereocenters. The smallest absolute Gasteiger partial charge is 0.147 e. The van der Waals surface area contributed by atoms with Gasteiger partial charge in [-0.1, -0.05) is 53.8 Å². The lowest BCUT2D eigenvalue weighted by molar-refractivity contribution is 1.09. The summed E-state index contributed by atoms with van der Waals surface area (Å²) in [5, 5.41) is 9.15. The molecule has 1 aliphatic carbocycles. The summed E-state index contributed by atoms with van der Waals surface area (Å²) in [6, 6.07) is 15.1. The molecule has 3 aromatic rings. The normalized spacial score (nSPS) is 12.2. The summed E-state index contributed by atoms with van der Waals surface area (Å²) < 4.78 is 0. The fourth-order valence-corrected chi connectivity index (χ4v) is 3.25. The molecule has 0 amide bonds. The van der Waals surface area contributed by atoms with Crippen LogP contribution in [0.15, 0.2) is 48.0 Å². The summed E-state index contributed by atoms with van der Waals surface area (Å²) >= 11 is 1.60. The van der Waals surface area contributed by atoms with E-state index < -0.39 is 0 Å². The second-order valence-electron chi connectivity index (χ2n) is 4.41. The molecule has 0 saturated heterocycles. The van der Waals surface area contributed by atoms with Crippen LogP contribution in [-0.2, 0) is 6.42 Å². The Labute approximate surface area is 109 Å². The van der Waals surface area contributed by atoms with E-state index in [-0.39, 0.29) is 0 Å². The molecular weight excluding hydrogens is 240 g/mol. The largest absolute Gasteiger partial charge is 0.147 e. The van der Waals surface area contributed by atoms with Crippen molar-refractivity contribution < 1.29 is 0 Å². The first kappa shape index (κ1) is 9.97. The Morgan fingerprint density at radius 3 is 2.61 bits per heavy atom. The van der Waals surface area contributed by atoms with Crippen LogP contribution in [0, 0.1) is 0 Å². The second kappa shape index (κ2) is 3.75. The van der Waals surface area contributed by atoms with Gasteiger partial charge in [-0.15, -0.1) is 10.2 Å². The lowest BCUT2D eigenvalue weighted by Gasteiger charge is -2.04. The lowest BCUT2D eigenvalue weighted by atomic mass is 10.0. The summed E-state index contributed by atoms with van der Waals surface area (Å²) in [6.45, 7) is 0. The van der Waals surface area contributed by atoms with Crippen molar-refractivity contribution in [1.29, 1.82) is 0 Å². The molecule has 0 bridgehead atoms. The summed E-state index contributed by atoms with van der Waals surface area (Å²) in [6.07, 6.45) is 1.00. The van der Waals surface area contributed by atoms with Gasteiger partial charge < -0.3 is 0 Å². The Hall–Kier alpha value is -2.00. The van der Waals surface area contributed by atoms with E-state index in [1.165, 1.54) is 27.8 Å². The van der Waals surface area contributed by atoms with E-state index in [9.17, 15) is 0 Å². The molecule has 0 unspecified atom stereocenters. The molecule has 0 saturated carbocycles. The fraction of sp³-hybridized carbons (Fsp3) is 0.0667. The maximum Gasteiger partial charge on any atom is 0.147 e. The van der Waals surface area contributed by atoms with Crippen molar-refractivity contribution in [2.45, 2.75) is 6.42 Å². The Kier molecular flexibility index (Phi) is 2.08. The first-order chi connectivity index (χ1) is 8.93. The van der Waals surface area contributed by atoms with Crippen molar-refractivity contribution in [2.75, 3.05) is 0 Å². The highest BCUT2D eigenvalue weighted by Crippen LogP contribution is 2.41. The van der Waals surface area contributed by atoms with E-state index in [0.29, 0.717) is 0 Å². The van der Waals surface area contributed by atoms with Crippen molar-refractivity contribution in [3.63, 3.8) is 0 Å². The molecule has 3 heteroatoms. The first-order valence-electron chi connectivity index (χ1n) is 5.90. The highest BCUT2D eigenvalue weighted by molar-refractivity contribution is 7.12. The van der Waals surface area contributed by atoms with Crippen molar-refractivity contribution in [3.8, 4) is 21.7 Å². The quantitative estimate of drug-likeness (QED) is 0.514. The average molecular weight is 250 g/mol. The molecule has 4 rings (SSSR count). The van der Waals surface area contributed by atoms with Crippen LogP contribution in [0.5, 0.6) is 0 Å². The molecule has 18 heavy (non-hydrogen) atoms. The Morgan fingerprint density at radius 2 is 1.72 bits per heavy atom. The minimum atomic E-state index is 1.00. The Morgan fingerprint density at radius 1 is 0.889 bits per heavy atom. The Balaban J connectivity index is 1.97. The highest BCUT2D eigenvalue weighted by atomic mass is 32.1. The number of rotatable bonds is 1. The fourth-order valence-electron chi connectivity index (χ4n) is 2.65. The first-order valence-corrected chi connectivity index (χ1v) is 6.78. The predicted molar refractivity (Wildman–Crippen MR) is 73.6 cm³/mol. The van der Waals surface area contributed by atoms with Gasteiger partial charge in [0.1, 0.15) is 10.5 Å². The zero-order chi connectivity index (χ0) is 11.9. The molecular formula is C15H10N2S. The number of aromatic nitrogens is 2. The van der Waals surface area contributed by atoms with E-state index in [0.717, 1.165) is 11.4 Å². The van der Waals surface area contributed by atoms with Crippen LogP contribution in [0.4, 0.5) is 0 Å². The second-order valence-corrected chi connectivity index (χ2v) is 5.24. The predicted octanol–water partition coefficient (Wildman–Crippen LogP) is 3.78. The van der Waals surface area contributed by atoms with Gasteiger partial charge in [0.05, 0.1) is 0 Å². The van der Waals surface area contributed by atoms with Gasteiger partial charge in [0.15, 0.2) is 0 Å². The number of nitrogens with zero attached hydrogens (tertiary/aromatic N) is 2. The SMILES string of the molecule is c1ccc2c(c1)Cc1c(-c3nncs3)cccc1-2. The monoisotopic (exact) mass is 250 g/mol. The molecule has 2 aromatic carbocycles. The minimum absolute atomic E-state index is 1.00. The van der Waals surface area contributed by atoms with E-state index in [4.69, 9.17) is 0 Å². The van der Waals surface area contributed by atoms with E-state index in [1.807, 2.05) is 0 Å². The van der Waals surface area contributed by atoms with Crippen LogP contribution in [0.3, 0.4) is 0 Å². The van der Waals surface area contributed by atoms with Gasteiger partial charge in [-0.2, -0.15) is 0 Å². The molecule has 0 aliphatic heterocycles. The van der Waals surface area contributed by atoms with Crippen LogP contribution in [0.1, 0.15) is 11.1 Å². The molecule has 2 nitrogen and oxygen atoms in total. The summed E-state index contributed by atoms with van der Waals surface area (Å²) in [4.78, 5) is 0. The van der Waals surface area contributed by atoms with Gasteiger partial charge >= 0.3 is 0 Å². The van der Waals surface area contributed by atoms with Gasteiger partial charge in [0.25, 0.3) is 0 Å². The number of hydrogen-bond acceptors (Lipinski definition) is 3. The van der Waals surface area contributed by atoms with Gasteiger partial charge in [-0.25, -0.2) is 0 Å². The van der Waals surface area contributed by atoms with E-state index >= 15 is 0 Å².